The lowest BCUT2D eigenvalue weighted by Crippen LogP contribution is -2.29. The monoisotopic (exact) mass is 222 g/mol. The van der Waals surface area contributed by atoms with E-state index in [2.05, 4.69) is 11.1 Å². The van der Waals surface area contributed by atoms with E-state index in [0.29, 0.717) is 19.1 Å². The highest BCUT2D eigenvalue weighted by Gasteiger charge is 2.25. The van der Waals surface area contributed by atoms with Crippen LogP contribution in [0.25, 0.3) is 0 Å². The summed E-state index contributed by atoms with van der Waals surface area (Å²) in [5.41, 5.74) is 0. The third-order valence-electron chi connectivity index (χ3n) is 2.27. The molecule has 0 spiro atoms. The van der Waals surface area contributed by atoms with Crippen LogP contribution in [0.3, 0.4) is 0 Å². The van der Waals surface area contributed by atoms with E-state index < -0.39 is 10.1 Å². The maximum absolute atomic E-state index is 10.6. The zero-order chi connectivity index (χ0) is 10.6. The first-order chi connectivity index (χ1) is 6.47. The zero-order valence-electron chi connectivity index (χ0n) is 8.73. The number of hydrogen-bond acceptors (Lipinski definition) is 4. The Kier molecular flexibility index (Phi) is 4.34. The summed E-state index contributed by atoms with van der Waals surface area (Å²) in [5.74, 6) is 0.785. The molecule has 0 bridgehead atoms. The fraction of sp³-hybridized carbons (Fsp3) is 1.00. The summed E-state index contributed by atoms with van der Waals surface area (Å²) in [6, 6.07) is 0. The molecule has 14 heavy (non-hydrogen) atoms. The molecule has 0 atom stereocenters. The van der Waals surface area contributed by atoms with Gasteiger partial charge in [-0.3, -0.25) is 4.18 Å². The van der Waals surface area contributed by atoms with Crippen LogP contribution in [0.15, 0.2) is 0 Å². The van der Waals surface area contributed by atoms with E-state index in [0.717, 1.165) is 25.0 Å². The Hall–Kier alpha value is -0.130. The van der Waals surface area contributed by atoms with Gasteiger partial charge < -0.3 is 4.74 Å². The molecule has 0 radical (unpaired) electrons. The summed E-state index contributed by atoms with van der Waals surface area (Å²) in [7, 11) is -3.28. The van der Waals surface area contributed by atoms with Crippen LogP contribution in [0.2, 0.25) is 0 Å². The summed E-state index contributed by atoms with van der Waals surface area (Å²) >= 11 is 0. The minimum Gasteiger partial charge on any atom is -0.378 e. The molecule has 0 unspecified atom stereocenters. The van der Waals surface area contributed by atoms with Crippen molar-refractivity contribution in [2.45, 2.75) is 32.3 Å². The van der Waals surface area contributed by atoms with Crippen molar-refractivity contribution in [3.63, 3.8) is 0 Å². The van der Waals surface area contributed by atoms with Gasteiger partial charge in [0.05, 0.1) is 19.0 Å². The van der Waals surface area contributed by atoms with Gasteiger partial charge >= 0.3 is 0 Å². The van der Waals surface area contributed by atoms with E-state index in [-0.39, 0.29) is 6.61 Å². The summed E-state index contributed by atoms with van der Waals surface area (Å²) < 4.78 is 31.2. The van der Waals surface area contributed by atoms with Crippen LogP contribution >= 0.6 is 0 Å². The normalized spacial score (nSPS) is 27.3. The lowest BCUT2D eigenvalue weighted by Gasteiger charge is -2.32. The fourth-order valence-corrected chi connectivity index (χ4v) is 1.90. The third-order valence-corrected chi connectivity index (χ3v) is 2.86. The van der Waals surface area contributed by atoms with Gasteiger partial charge in [-0.25, -0.2) is 0 Å². The number of ether oxygens (including phenoxy) is 1. The minimum absolute atomic E-state index is 0.223. The Morgan fingerprint density at radius 1 is 1.29 bits per heavy atom. The van der Waals surface area contributed by atoms with Gasteiger partial charge in [0.25, 0.3) is 10.1 Å². The zero-order valence-corrected chi connectivity index (χ0v) is 9.55. The average molecular weight is 222 g/mol. The van der Waals surface area contributed by atoms with Crippen LogP contribution in [0.5, 0.6) is 0 Å². The Morgan fingerprint density at radius 2 is 1.93 bits per heavy atom. The Morgan fingerprint density at radius 3 is 2.43 bits per heavy atom. The maximum atomic E-state index is 10.6. The first-order valence-electron chi connectivity index (χ1n) is 4.93. The van der Waals surface area contributed by atoms with Crippen LogP contribution in [0.4, 0.5) is 0 Å². The van der Waals surface area contributed by atoms with Crippen molar-refractivity contribution in [2.75, 3.05) is 19.5 Å². The largest absolute Gasteiger partial charge is 0.378 e. The van der Waals surface area contributed by atoms with E-state index in [1.807, 2.05) is 0 Å². The van der Waals surface area contributed by atoms with Crippen molar-refractivity contribution in [2.24, 2.45) is 5.92 Å². The van der Waals surface area contributed by atoms with Gasteiger partial charge in [-0.05, 0) is 25.2 Å². The lowest BCUT2D eigenvalue weighted by molar-refractivity contribution is -0.0285. The molecule has 84 valence electrons. The number of hydrogen-bond donors (Lipinski definition) is 0. The van der Waals surface area contributed by atoms with E-state index in [1.54, 1.807) is 0 Å². The first kappa shape index (κ1) is 11.9. The molecule has 1 rings (SSSR count). The van der Waals surface area contributed by atoms with Crippen molar-refractivity contribution in [1.29, 1.82) is 0 Å². The number of rotatable bonds is 6. The summed E-state index contributed by atoms with van der Waals surface area (Å²) in [6.07, 6.45) is 4.35. The molecule has 1 fully saturated rings. The molecule has 0 N–H and O–H groups in total. The molecule has 1 aliphatic carbocycles. The van der Waals surface area contributed by atoms with Gasteiger partial charge in [-0.2, -0.15) is 8.42 Å². The second kappa shape index (κ2) is 5.09. The molecular weight excluding hydrogens is 204 g/mol. The molecular formula is C9H18O4S. The highest BCUT2D eigenvalue weighted by molar-refractivity contribution is 7.85. The van der Waals surface area contributed by atoms with Crippen molar-refractivity contribution in [1.82, 2.24) is 0 Å². The van der Waals surface area contributed by atoms with Crippen LogP contribution < -0.4 is 0 Å². The molecule has 5 heteroatoms. The quantitative estimate of drug-likeness (QED) is 0.500. The van der Waals surface area contributed by atoms with Gasteiger partial charge in [0.2, 0.25) is 0 Å². The molecule has 0 aromatic rings. The van der Waals surface area contributed by atoms with Crippen molar-refractivity contribution in [3.05, 3.63) is 0 Å². The topological polar surface area (TPSA) is 52.6 Å². The van der Waals surface area contributed by atoms with Gasteiger partial charge in [0.1, 0.15) is 0 Å². The maximum Gasteiger partial charge on any atom is 0.264 e. The third kappa shape index (κ3) is 4.93. The molecule has 0 saturated heterocycles. The van der Waals surface area contributed by atoms with Crippen molar-refractivity contribution < 1.29 is 17.3 Å². The highest BCUT2D eigenvalue weighted by atomic mass is 32.2. The van der Waals surface area contributed by atoms with Gasteiger partial charge in [-0.15, -0.1) is 0 Å². The van der Waals surface area contributed by atoms with Crippen LogP contribution in [-0.2, 0) is 19.0 Å². The van der Waals surface area contributed by atoms with Crippen LogP contribution in [-0.4, -0.2) is 34.0 Å². The lowest BCUT2D eigenvalue weighted by atomic mass is 9.84. The SMILES string of the molecule is CS(=O)(=O)OCCCO[C@H]1C[C@H](C)C1. The molecule has 0 heterocycles. The van der Waals surface area contributed by atoms with E-state index in [1.165, 1.54) is 0 Å². The van der Waals surface area contributed by atoms with Crippen LogP contribution in [0.1, 0.15) is 26.2 Å². The van der Waals surface area contributed by atoms with Gasteiger partial charge in [0.15, 0.2) is 0 Å². The van der Waals surface area contributed by atoms with E-state index >= 15 is 0 Å². The highest BCUT2D eigenvalue weighted by Crippen LogP contribution is 2.28. The molecule has 0 aliphatic heterocycles. The van der Waals surface area contributed by atoms with Crippen molar-refractivity contribution in [3.8, 4) is 0 Å². The molecule has 4 nitrogen and oxygen atoms in total. The van der Waals surface area contributed by atoms with E-state index in [4.69, 9.17) is 4.74 Å². The molecule has 0 aromatic carbocycles. The predicted octanol–water partition coefficient (Wildman–Crippen LogP) is 1.17. The second-order valence-corrected chi connectivity index (χ2v) is 5.59. The summed E-state index contributed by atoms with van der Waals surface area (Å²) in [4.78, 5) is 0. The predicted molar refractivity (Wildman–Crippen MR) is 53.6 cm³/mol. The first-order valence-corrected chi connectivity index (χ1v) is 6.75. The molecule has 1 saturated carbocycles. The molecule has 1 aliphatic rings. The van der Waals surface area contributed by atoms with Crippen LogP contribution in [0, 0.1) is 5.92 Å². The standard InChI is InChI=1S/C9H18O4S/c1-8-6-9(7-8)12-4-3-5-13-14(2,10)11/h8-9H,3-7H2,1-2H3/t8-,9-. The minimum atomic E-state index is -3.28. The van der Waals surface area contributed by atoms with Gasteiger partial charge in [0, 0.05) is 6.61 Å². The van der Waals surface area contributed by atoms with Crippen molar-refractivity contribution >= 4 is 10.1 Å². The fourth-order valence-electron chi connectivity index (χ4n) is 1.48. The van der Waals surface area contributed by atoms with Gasteiger partial charge in [-0.1, -0.05) is 6.92 Å². The average Bonchev–Trinajstić information content (AvgIpc) is 1.98. The summed E-state index contributed by atoms with van der Waals surface area (Å²) in [5, 5.41) is 0. The van der Waals surface area contributed by atoms with E-state index in [9.17, 15) is 8.42 Å². The Bertz CT molecular complexity index is 254. The molecule has 0 aromatic heterocycles. The second-order valence-electron chi connectivity index (χ2n) is 3.95. The Balaban J connectivity index is 1.90. The molecule has 0 amide bonds. The Labute approximate surface area is 85.7 Å². The smallest absolute Gasteiger partial charge is 0.264 e. The summed E-state index contributed by atoms with van der Waals surface area (Å²) in [6.45, 7) is 3.01.